The molecular weight excluding hydrogens is 470 g/mol. The van der Waals surface area contributed by atoms with Crippen LogP contribution in [-0.2, 0) is 13.1 Å². The predicted octanol–water partition coefficient (Wildman–Crippen LogP) is 6.70. The first kappa shape index (κ1) is 23.4. The molecule has 2 aromatic heterocycles. The maximum absolute atomic E-state index is 5.30. The minimum Gasteiger partial charge on any atom is -0.378 e. The molecule has 0 bridgehead atoms. The van der Waals surface area contributed by atoms with Crippen LogP contribution in [0.3, 0.4) is 0 Å². The molecular formula is C31H27N7. The van der Waals surface area contributed by atoms with Crippen LogP contribution in [0.2, 0.25) is 0 Å². The van der Waals surface area contributed by atoms with Gasteiger partial charge in [-0.15, -0.1) is 10.2 Å². The topological polar surface area (TPSA) is 84.3 Å². The van der Waals surface area contributed by atoms with E-state index in [1.165, 1.54) is 0 Å². The molecule has 38 heavy (non-hydrogen) atoms. The Balaban J connectivity index is 1.48. The highest BCUT2D eigenvalue weighted by molar-refractivity contribution is 5.87. The Morgan fingerprint density at radius 3 is 2.13 bits per heavy atom. The number of tetrazole rings is 1. The Kier molecular flexibility index (Phi) is 6.47. The molecule has 0 aliphatic carbocycles. The second kappa shape index (κ2) is 10.5. The number of aromatic amines is 1. The number of H-pyrrole nitrogens is 1. The molecule has 0 amide bonds. The lowest BCUT2D eigenvalue weighted by atomic mass is 9.98. The average Bonchev–Trinajstić information content (AvgIpc) is 3.65. The minimum atomic E-state index is 0.489. The van der Waals surface area contributed by atoms with Gasteiger partial charge in [0, 0.05) is 28.9 Å². The van der Waals surface area contributed by atoms with Crippen molar-refractivity contribution in [2.24, 2.45) is 0 Å². The van der Waals surface area contributed by atoms with Gasteiger partial charge in [-0.05, 0) is 30.2 Å². The largest absolute Gasteiger partial charge is 0.378 e. The molecule has 0 aliphatic heterocycles. The van der Waals surface area contributed by atoms with Crippen molar-refractivity contribution >= 4 is 5.69 Å². The zero-order valence-corrected chi connectivity index (χ0v) is 21.0. The Labute approximate surface area is 221 Å². The fraction of sp³-hybridized carbons (Fsp3) is 0.0968. The van der Waals surface area contributed by atoms with Crippen LogP contribution < -0.4 is 5.32 Å². The molecule has 0 saturated carbocycles. The lowest BCUT2D eigenvalue weighted by molar-refractivity contribution is 0.778. The molecule has 0 spiro atoms. The first-order valence-corrected chi connectivity index (χ1v) is 12.7. The number of hydrogen-bond donors (Lipinski definition) is 2. The van der Waals surface area contributed by atoms with E-state index in [1.807, 2.05) is 18.2 Å². The molecule has 7 nitrogen and oxygen atoms in total. The van der Waals surface area contributed by atoms with Gasteiger partial charge in [-0.2, -0.15) is 5.21 Å². The van der Waals surface area contributed by atoms with Gasteiger partial charge in [0.1, 0.15) is 5.82 Å². The van der Waals surface area contributed by atoms with E-state index >= 15 is 0 Å². The van der Waals surface area contributed by atoms with Gasteiger partial charge in [0.2, 0.25) is 0 Å². The summed E-state index contributed by atoms with van der Waals surface area (Å²) in [7, 11) is 0. The summed E-state index contributed by atoms with van der Waals surface area (Å²) < 4.78 is 2.33. The third-order valence-corrected chi connectivity index (χ3v) is 6.56. The minimum absolute atomic E-state index is 0.489. The quantitative estimate of drug-likeness (QED) is 0.245. The number of anilines is 1. The summed E-state index contributed by atoms with van der Waals surface area (Å²) in [4.78, 5) is 5.30. The Morgan fingerprint density at radius 2 is 1.42 bits per heavy atom. The van der Waals surface area contributed by atoms with Crippen LogP contribution in [0.25, 0.3) is 45.0 Å². The van der Waals surface area contributed by atoms with Crippen molar-refractivity contribution in [3.8, 4) is 45.0 Å². The number of rotatable bonds is 8. The van der Waals surface area contributed by atoms with Crippen LogP contribution in [0, 0.1) is 0 Å². The number of nitrogens with one attached hydrogen (secondary N) is 2. The number of nitrogens with zero attached hydrogens (tertiary/aromatic N) is 5. The monoisotopic (exact) mass is 497 g/mol. The van der Waals surface area contributed by atoms with Crippen molar-refractivity contribution in [1.29, 1.82) is 0 Å². The maximum Gasteiger partial charge on any atom is 0.193 e. The second-order valence-electron chi connectivity index (χ2n) is 8.92. The van der Waals surface area contributed by atoms with Crippen molar-refractivity contribution in [3.63, 3.8) is 0 Å². The summed E-state index contributed by atoms with van der Waals surface area (Å²) in [5, 5.41) is 17.6. The van der Waals surface area contributed by atoms with Crippen LogP contribution in [-0.4, -0.2) is 30.2 Å². The lowest BCUT2D eigenvalue weighted by Crippen LogP contribution is -2.02. The molecule has 4 aromatic carbocycles. The Bertz CT molecular complexity index is 1640. The highest BCUT2D eigenvalue weighted by Crippen LogP contribution is 2.39. The van der Waals surface area contributed by atoms with Gasteiger partial charge in [-0.25, -0.2) is 4.98 Å². The van der Waals surface area contributed by atoms with E-state index < -0.39 is 0 Å². The van der Waals surface area contributed by atoms with Crippen LogP contribution in [0.15, 0.2) is 109 Å². The van der Waals surface area contributed by atoms with Gasteiger partial charge in [-0.1, -0.05) is 102 Å². The van der Waals surface area contributed by atoms with Gasteiger partial charge >= 0.3 is 0 Å². The Morgan fingerprint density at radius 1 is 0.737 bits per heavy atom. The summed E-state index contributed by atoms with van der Waals surface area (Å²) >= 11 is 0. The zero-order chi connectivity index (χ0) is 25.7. The SMILES string of the molecule is CCn1c(-c2ccccc2-c2cccc(NCc3nn[nH]n3)c2)nc(-c2ccccc2)c1-c1ccccc1. The van der Waals surface area contributed by atoms with E-state index in [0.717, 1.165) is 57.3 Å². The molecule has 0 saturated heterocycles. The lowest BCUT2D eigenvalue weighted by Gasteiger charge is -2.14. The zero-order valence-electron chi connectivity index (χ0n) is 21.0. The van der Waals surface area contributed by atoms with Crippen molar-refractivity contribution in [3.05, 3.63) is 115 Å². The van der Waals surface area contributed by atoms with Gasteiger partial charge in [-0.3, -0.25) is 0 Å². The normalized spacial score (nSPS) is 11.0. The van der Waals surface area contributed by atoms with Crippen LogP contribution in [0.5, 0.6) is 0 Å². The first-order chi connectivity index (χ1) is 18.8. The average molecular weight is 498 g/mol. The number of imidazole rings is 1. The van der Waals surface area contributed by atoms with Gasteiger partial charge in [0.15, 0.2) is 5.82 Å². The molecule has 6 rings (SSSR count). The molecule has 7 heteroatoms. The van der Waals surface area contributed by atoms with Crippen molar-refractivity contribution in [2.45, 2.75) is 20.0 Å². The molecule has 2 N–H and O–H groups in total. The Hall–Kier alpha value is -5.04. The first-order valence-electron chi connectivity index (χ1n) is 12.7. The summed E-state index contributed by atoms with van der Waals surface area (Å²) in [6, 6.07) is 37.8. The van der Waals surface area contributed by atoms with Crippen LogP contribution in [0.1, 0.15) is 12.7 Å². The van der Waals surface area contributed by atoms with Gasteiger partial charge in [0.05, 0.1) is 17.9 Å². The summed E-state index contributed by atoms with van der Waals surface area (Å²) in [6.45, 7) is 3.46. The number of hydrogen-bond acceptors (Lipinski definition) is 5. The van der Waals surface area contributed by atoms with E-state index in [1.54, 1.807) is 0 Å². The molecule has 0 aliphatic rings. The standard InChI is InChI=1S/C31H27N7/c1-2-38-30(23-14-7-4-8-15-23)29(22-12-5-3-6-13-22)33-31(38)27-19-10-9-18-26(27)24-16-11-17-25(20-24)32-21-28-34-36-37-35-28/h3-20,32H,2,21H2,1H3,(H,34,35,36,37). The highest BCUT2D eigenvalue weighted by atomic mass is 15.5. The summed E-state index contributed by atoms with van der Waals surface area (Å²) in [5.41, 5.74) is 8.65. The fourth-order valence-corrected chi connectivity index (χ4v) is 4.82. The molecule has 0 radical (unpaired) electrons. The molecule has 186 valence electrons. The summed E-state index contributed by atoms with van der Waals surface area (Å²) in [6.07, 6.45) is 0. The van der Waals surface area contributed by atoms with Gasteiger partial charge < -0.3 is 9.88 Å². The molecule has 0 unspecified atom stereocenters. The van der Waals surface area contributed by atoms with E-state index in [4.69, 9.17) is 4.98 Å². The predicted molar refractivity (Wildman–Crippen MR) is 151 cm³/mol. The number of benzene rings is 4. The fourth-order valence-electron chi connectivity index (χ4n) is 4.82. The van der Waals surface area contributed by atoms with E-state index in [0.29, 0.717) is 12.4 Å². The third kappa shape index (κ3) is 4.57. The van der Waals surface area contributed by atoms with Crippen LogP contribution >= 0.6 is 0 Å². The molecule has 6 aromatic rings. The second-order valence-corrected chi connectivity index (χ2v) is 8.92. The molecule has 0 fully saturated rings. The van der Waals surface area contributed by atoms with Gasteiger partial charge in [0.25, 0.3) is 0 Å². The highest BCUT2D eigenvalue weighted by Gasteiger charge is 2.22. The maximum atomic E-state index is 5.30. The van der Waals surface area contributed by atoms with E-state index in [9.17, 15) is 0 Å². The smallest absolute Gasteiger partial charge is 0.193 e. The summed E-state index contributed by atoms with van der Waals surface area (Å²) in [5.74, 6) is 1.56. The van der Waals surface area contributed by atoms with Crippen molar-refractivity contribution in [2.75, 3.05) is 5.32 Å². The van der Waals surface area contributed by atoms with Crippen LogP contribution in [0.4, 0.5) is 5.69 Å². The van der Waals surface area contributed by atoms with Crippen molar-refractivity contribution < 1.29 is 0 Å². The third-order valence-electron chi connectivity index (χ3n) is 6.56. The van der Waals surface area contributed by atoms with Crippen molar-refractivity contribution in [1.82, 2.24) is 30.2 Å². The number of aromatic nitrogens is 6. The van der Waals surface area contributed by atoms with E-state index in [-0.39, 0.29) is 0 Å². The molecule has 0 atom stereocenters. The molecule has 2 heterocycles. The van der Waals surface area contributed by atoms with E-state index in [2.05, 4.69) is 128 Å².